The van der Waals surface area contributed by atoms with E-state index in [-0.39, 0.29) is 17.0 Å². The van der Waals surface area contributed by atoms with Crippen molar-refractivity contribution in [3.8, 4) is 11.8 Å². The minimum Gasteiger partial charge on any atom is -0.480 e. The van der Waals surface area contributed by atoms with Crippen LogP contribution in [0.1, 0.15) is 65.2 Å². The number of methoxy groups -OCH3 is 2. The Hall–Kier alpha value is -6.13. The van der Waals surface area contributed by atoms with E-state index < -0.39 is 5.66 Å². The Morgan fingerprint density at radius 3 is 1.57 bits per heavy atom. The maximum atomic E-state index is 11.8. The molecule has 0 radical (unpaired) electrons. The number of nitrogens with zero attached hydrogens (tertiary/aromatic N) is 10. The molecule has 0 unspecified atom stereocenters. The Bertz CT molecular complexity index is 2220. The van der Waals surface area contributed by atoms with E-state index >= 15 is 0 Å². The molecule has 4 N–H and O–H groups in total. The van der Waals surface area contributed by atoms with Crippen LogP contribution in [0.25, 0.3) is 21.8 Å². The monoisotopic (exact) mass is 730 g/mol. The van der Waals surface area contributed by atoms with Gasteiger partial charge in [0.15, 0.2) is 5.66 Å². The van der Waals surface area contributed by atoms with Gasteiger partial charge in [0.2, 0.25) is 23.7 Å². The molecule has 278 valence electrons. The number of fused-ring (bicyclic) bond motifs is 2. The van der Waals surface area contributed by atoms with Crippen molar-refractivity contribution in [2.75, 3.05) is 35.5 Å². The fraction of sp³-hybridized carbons (Fsp3) is 0.432. The Labute approximate surface area is 310 Å². The number of ether oxygens (including phenoxy) is 2. The van der Waals surface area contributed by atoms with Crippen LogP contribution in [0, 0.1) is 5.92 Å². The van der Waals surface area contributed by atoms with Crippen LogP contribution in [-0.2, 0) is 10.5 Å². The number of carbonyl (C=O) groups excluding carboxylic acids is 1. The zero-order valence-electron chi connectivity index (χ0n) is 30.6. The lowest BCUT2D eigenvalue weighted by Gasteiger charge is -2.39. The lowest BCUT2D eigenvalue weighted by molar-refractivity contribution is -0.112. The third-order valence-electron chi connectivity index (χ3n) is 10.9. The quantitative estimate of drug-likeness (QED) is 0.104. The molecule has 17 nitrogen and oxygen atoms in total. The van der Waals surface area contributed by atoms with Gasteiger partial charge in [-0.2, -0.15) is 20.2 Å². The van der Waals surface area contributed by atoms with Crippen molar-refractivity contribution >= 4 is 63.0 Å². The first-order chi connectivity index (χ1) is 26.2. The van der Waals surface area contributed by atoms with E-state index in [0.717, 1.165) is 42.7 Å². The van der Waals surface area contributed by atoms with Gasteiger partial charge < -0.3 is 35.5 Å². The summed E-state index contributed by atoms with van der Waals surface area (Å²) < 4.78 is 15.0. The van der Waals surface area contributed by atoms with Gasteiger partial charge in [-0.1, -0.05) is 0 Å². The van der Waals surface area contributed by atoms with Crippen molar-refractivity contribution in [1.82, 2.24) is 49.5 Å². The zero-order chi connectivity index (χ0) is 37.1. The second-order valence-electron chi connectivity index (χ2n) is 15.1. The first-order valence-corrected chi connectivity index (χ1v) is 18.3. The van der Waals surface area contributed by atoms with E-state index in [2.05, 4.69) is 45.1 Å². The molecule has 6 heterocycles. The van der Waals surface area contributed by atoms with E-state index in [1.807, 2.05) is 33.9 Å². The lowest BCUT2D eigenvalue weighted by atomic mass is 9.82. The standard InChI is InChI=1S/C37H42N14O3/c1-35(11-12-35)48-29-27-25(7-15-38-31(27)53-3)44-33(46-29)42-23-17-40-50(19-23)37(9-5-22(21-52)6-10-37)51-20-24(18-41-51)43-34-45-26-8-16-39-32(54-4)28(26)30(47-34)49-36(2)13-14-36/h7-8,15-22H,5-6,9-14H2,1-4H3,(H2,42,44,46,48)(H2,43,45,47,49). The van der Waals surface area contributed by atoms with E-state index in [9.17, 15) is 4.79 Å². The predicted molar refractivity (Wildman–Crippen MR) is 203 cm³/mol. The Balaban J connectivity index is 1.02. The summed E-state index contributed by atoms with van der Waals surface area (Å²) in [6.07, 6.45) is 18.7. The topological polar surface area (TPSA) is 197 Å². The van der Waals surface area contributed by atoms with Gasteiger partial charge in [0.25, 0.3) is 0 Å². The molecule has 6 aromatic rings. The number of hydrogen-bond acceptors (Lipinski definition) is 15. The molecule has 3 aliphatic rings. The number of aromatic nitrogens is 10. The average molecular weight is 731 g/mol. The molecule has 9 rings (SSSR count). The highest BCUT2D eigenvalue weighted by atomic mass is 16.5. The predicted octanol–water partition coefficient (Wildman–Crippen LogP) is 5.78. The fourth-order valence-corrected chi connectivity index (χ4v) is 7.19. The summed E-state index contributed by atoms with van der Waals surface area (Å²) in [5.41, 5.74) is 2.08. The second kappa shape index (κ2) is 12.8. The molecular weight excluding hydrogens is 689 g/mol. The molecule has 6 aromatic heterocycles. The highest BCUT2D eigenvalue weighted by Crippen LogP contribution is 2.43. The largest absolute Gasteiger partial charge is 0.480 e. The SMILES string of the molecule is COc1nccc2nc(Nc3cnn(C4(n5cc(Nc6nc(NC7(C)CC7)c7c(OC)nccc7n6)cn5)CCC(C=O)CC4)c3)nc(NC3(C)CC3)c12. The minimum absolute atomic E-state index is 0.0205. The first kappa shape index (κ1) is 33.7. The van der Waals surface area contributed by atoms with Gasteiger partial charge in [0.05, 0.1) is 61.4 Å². The van der Waals surface area contributed by atoms with E-state index in [0.29, 0.717) is 83.4 Å². The number of nitrogens with one attached hydrogen (secondary N) is 4. The van der Waals surface area contributed by atoms with Gasteiger partial charge in [-0.15, -0.1) is 0 Å². The van der Waals surface area contributed by atoms with E-state index in [4.69, 9.17) is 39.6 Å². The molecule has 0 spiro atoms. The van der Waals surface area contributed by atoms with Gasteiger partial charge in [-0.3, -0.25) is 0 Å². The third kappa shape index (κ3) is 6.22. The van der Waals surface area contributed by atoms with Crippen molar-refractivity contribution < 1.29 is 14.3 Å². The van der Waals surface area contributed by atoms with Crippen molar-refractivity contribution in [3.05, 3.63) is 49.3 Å². The van der Waals surface area contributed by atoms with Gasteiger partial charge in [-0.05, 0) is 77.3 Å². The maximum absolute atomic E-state index is 11.8. The number of pyridine rings is 2. The molecule has 3 fully saturated rings. The summed E-state index contributed by atoms with van der Waals surface area (Å²) in [7, 11) is 3.19. The molecule has 3 saturated carbocycles. The summed E-state index contributed by atoms with van der Waals surface area (Å²) in [5.74, 6) is 3.07. The van der Waals surface area contributed by atoms with E-state index in [1.165, 1.54) is 0 Å². The van der Waals surface area contributed by atoms with Gasteiger partial charge in [0, 0.05) is 29.4 Å². The minimum atomic E-state index is -0.674. The smallest absolute Gasteiger partial charge is 0.229 e. The fourth-order valence-electron chi connectivity index (χ4n) is 7.19. The van der Waals surface area contributed by atoms with Crippen LogP contribution in [0.3, 0.4) is 0 Å². The van der Waals surface area contributed by atoms with Crippen molar-refractivity contribution in [2.24, 2.45) is 5.92 Å². The highest BCUT2D eigenvalue weighted by Gasteiger charge is 2.41. The van der Waals surface area contributed by atoms with Gasteiger partial charge in [-0.25, -0.2) is 29.3 Å². The molecule has 17 heteroatoms. The van der Waals surface area contributed by atoms with Crippen LogP contribution in [0.15, 0.2) is 49.3 Å². The zero-order valence-corrected chi connectivity index (χ0v) is 30.6. The summed E-state index contributed by atoms with van der Waals surface area (Å²) in [5, 5.41) is 25.1. The summed E-state index contributed by atoms with van der Waals surface area (Å²) >= 11 is 0. The molecule has 0 atom stereocenters. The van der Waals surface area contributed by atoms with Crippen LogP contribution in [-0.4, -0.2) is 81.0 Å². The van der Waals surface area contributed by atoms with Crippen molar-refractivity contribution in [1.29, 1.82) is 0 Å². The Kier molecular flexibility index (Phi) is 7.97. The third-order valence-corrected chi connectivity index (χ3v) is 10.9. The Morgan fingerprint density at radius 2 is 1.17 bits per heavy atom. The maximum Gasteiger partial charge on any atom is 0.229 e. The normalized spacial score (nSPS) is 18.2. The molecule has 0 aliphatic heterocycles. The van der Waals surface area contributed by atoms with E-state index in [1.54, 1.807) is 39.0 Å². The second-order valence-corrected chi connectivity index (χ2v) is 15.1. The molecule has 3 aliphatic carbocycles. The first-order valence-electron chi connectivity index (χ1n) is 18.3. The van der Waals surface area contributed by atoms with Crippen LogP contribution < -0.4 is 30.7 Å². The summed E-state index contributed by atoms with van der Waals surface area (Å²) in [6.45, 7) is 4.34. The number of rotatable bonds is 13. The molecule has 0 bridgehead atoms. The van der Waals surface area contributed by atoms with Crippen molar-refractivity contribution in [3.63, 3.8) is 0 Å². The van der Waals surface area contributed by atoms with Crippen LogP contribution in [0.2, 0.25) is 0 Å². The number of anilines is 6. The number of hydrogen-bond donors (Lipinski definition) is 4. The number of carbonyl (C=O) groups is 1. The molecular formula is C37H42N14O3. The summed E-state index contributed by atoms with van der Waals surface area (Å²) in [4.78, 5) is 39.9. The summed E-state index contributed by atoms with van der Waals surface area (Å²) in [6, 6.07) is 3.69. The van der Waals surface area contributed by atoms with Gasteiger partial charge in [0.1, 0.15) is 28.7 Å². The Morgan fingerprint density at radius 1 is 0.704 bits per heavy atom. The molecule has 0 saturated heterocycles. The van der Waals surface area contributed by atoms with Gasteiger partial charge >= 0.3 is 0 Å². The lowest BCUT2D eigenvalue weighted by Crippen LogP contribution is -2.45. The molecule has 0 amide bonds. The van der Waals surface area contributed by atoms with Crippen molar-refractivity contribution in [2.45, 2.75) is 82.0 Å². The molecule has 0 aromatic carbocycles. The average Bonchev–Trinajstić information content (AvgIpc) is 3.93. The molecule has 54 heavy (non-hydrogen) atoms. The van der Waals surface area contributed by atoms with Crippen LogP contribution >= 0.6 is 0 Å². The van der Waals surface area contributed by atoms with Crippen LogP contribution in [0.4, 0.5) is 34.9 Å². The van der Waals surface area contributed by atoms with Crippen LogP contribution in [0.5, 0.6) is 11.8 Å². The highest BCUT2D eigenvalue weighted by molar-refractivity contribution is 5.95. The number of aldehydes is 1.